The van der Waals surface area contributed by atoms with Crippen molar-refractivity contribution in [3.05, 3.63) is 29.8 Å². The molecule has 1 aliphatic rings. The Morgan fingerprint density at radius 3 is 2.42 bits per heavy atom. The van der Waals surface area contributed by atoms with Gasteiger partial charge in [0.25, 0.3) is 0 Å². The first kappa shape index (κ1) is 14.4. The first-order valence-corrected chi connectivity index (χ1v) is 6.95. The lowest BCUT2D eigenvalue weighted by Gasteiger charge is -2.34. The van der Waals surface area contributed by atoms with Crippen molar-refractivity contribution < 1.29 is 4.74 Å². The number of para-hydroxylation sites is 1. The van der Waals surface area contributed by atoms with Crippen molar-refractivity contribution in [2.75, 3.05) is 12.8 Å². The summed E-state index contributed by atoms with van der Waals surface area (Å²) in [5.74, 6) is 0. The molecule has 0 radical (unpaired) electrons. The van der Waals surface area contributed by atoms with Crippen LogP contribution < -0.4 is 5.73 Å². The molecule has 1 unspecified atom stereocenters. The molecule has 3 heteroatoms. The molecule has 3 nitrogen and oxygen atoms in total. The number of hydrogen-bond donors (Lipinski definition) is 1. The zero-order valence-corrected chi connectivity index (χ0v) is 12.7. The molecule has 106 valence electrons. The molecule has 1 aromatic rings. The van der Waals surface area contributed by atoms with Crippen molar-refractivity contribution in [2.45, 2.75) is 57.9 Å². The molecular weight excluding hydrogens is 236 g/mol. The van der Waals surface area contributed by atoms with Crippen LogP contribution in [0.5, 0.6) is 0 Å². The third kappa shape index (κ3) is 3.10. The van der Waals surface area contributed by atoms with Crippen molar-refractivity contribution in [3.8, 4) is 0 Å². The highest BCUT2D eigenvalue weighted by atomic mass is 16.5. The van der Waals surface area contributed by atoms with Gasteiger partial charge in [-0.25, -0.2) is 0 Å². The summed E-state index contributed by atoms with van der Waals surface area (Å²) in [7, 11) is 2.16. The minimum atomic E-state index is -0.123. The van der Waals surface area contributed by atoms with Gasteiger partial charge in [0.2, 0.25) is 0 Å². The van der Waals surface area contributed by atoms with Gasteiger partial charge in [-0.05, 0) is 52.8 Å². The standard InChI is InChI=1S/C16H26N2O/c1-15(2)10-14(16(3,4)19-15)18(5)11-12-8-6-7-9-13(12)17/h6-9,14H,10-11,17H2,1-5H3. The first-order valence-electron chi connectivity index (χ1n) is 6.95. The van der Waals surface area contributed by atoms with Crippen molar-refractivity contribution >= 4 is 5.69 Å². The molecule has 2 rings (SSSR count). The smallest absolute Gasteiger partial charge is 0.0789 e. The third-order valence-corrected chi connectivity index (χ3v) is 4.03. The van der Waals surface area contributed by atoms with Gasteiger partial charge >= 0.3 is 0 Å². The molecule has 0 saturated carbocycles. The first-order chi connectivity index (χ1) is 8.71. The van der Waals surface area contributed by atoms with Crippen LogP contribution in [-0.4, -0.2) is 29.2 Å². The fourth-order valence-corrected chi connectivity index (χ4v) is 3.28. The van der Waals surface area contributed by atoms with Crippen LogP contribution in [0.25, 0.3) is 0 Å². The van der Waals surface area contributed by atoms with Crippen LogP contribution in [-0.2, 0) is 11.3 Å². The number of nitrogens with two attached hydrogens (primary N) is 1. The van der Waals surface area contributed by atoms with E-state index in [2.05, 4.69) is 45.7 Å². The topological polar surface area (TPSA) is 38.5 Å². The molecule has 1 aliphatic heterocycles. The highest BCUT2D eigenvalue weighted by Crippen LogP contribution is 2.40. The molecular formula is C16H26N2O. The van der Waals surface area contributed by atoms with Crippen LogP contribution in [0.4, 0.5) is 5.69 Å². The van der Waals surface area contributed by atoms with Crippen molar-refractivity contribution in [1.29, 1.82) is 0 Å². The fraction of sp³-hybridized carbons (Fsp3) is 0.625. The van der Waals surface area contributed by atoms with Gasteiger partial charge in [-0.2, -0.15) is 0 Å². The summed E-state index contributed by atoms with van der Waals surface area (Å²) in [5.41, 5.74) is 7.91. The highest BCUT2D eigenvalue weighted by molar-refractivity contribution is 5.46. The van der Waals surface area contributed by atoms with E-state index in [0.29, 0.717) is 6.04 Å². The summed E-state index contributed by atoms with van der Waals surface area (Å²) in [6.45, 7) is 9.55. The Bertz CT molecular complexity index is 454. The maximum Gasteiger partial charge on any atom is 0.0789 e. The second kappa shape index (κ2) is 4.80. The molecule has 0 aromatic heterocycles. The minimum Gasteiger partial charge on any atom is -0.398 e. The monoisotopic (exact) mass is 262 g/mol. The summed E-state index contributed by atoms with van der Waals surface area (Å²) in [6.07, 6.45) is 1.04. The van der Waals surface area contributed by atoms with Crippen LogP contribution in [0, 0.1) is 0 Å². The molecule has 0 aliphatic carbocycles. The summed E-state index contributed by atoms with van der Waals surface area (Å²) in [5, 5.41) is 0. The normalized spacial score (nSPS) is 24.8. The number of hydrogen-bond acceptors (Lipinski definition) is 3. The summed E-state index contributed by atoms with van der Waals surface area (Å²) < 4.78 is 6.16. The molecule has 0 spiro atoms. The molecule has 19 heavy (non-hydrogen) atoms. The summed E-state index contributed by atoms with van der Waals surface area (Å²) >= 11 is 0. The Kier molecular flexibility index (Phi) is 3.63. The van der Waals surface area contributed by atoms with E-state index in [9.17, 15) is 0 Å². The number of anilines is 1. The van der Waals surface area contributed by atoms with Crippen LogP contribution >= 0.6 is 0 Å². The molecule has 0 bridgehead atoms. The molecule has 1 aromatic carbocycles. The largest absolute Gasteiger partial charge is 0.398 e. The van der Waals surface area contributed by atoms with Gasteiger partial charge in [-0.15, -0.1) is 0 Å². The summed E-state index contributed by atoms with van der Waals surface area (Å²) in [4.78, 5) is 2.36. The van der Waals surface area contributed by atoms with E-state index < -0.39 is 0 Å². The Hall–Kier alpha value is -1.06. The molecule has 1 saturated heterocycles. The molecule has 2 N–H and O–H groups in total. The number of likely N-dealkylation sites (N-methyl/N-ethyl adjacent to an activating group) is 1. The van der Waals surface area contributed by atoms with E-state index in [1.54, 1.807) is 0 Å². The predicted octanol–water partition coefficient (Wildman–Crippen LogP) is 3.05. The number of nitrogens with zero attached hydrogens (tertiary/aromatic N) is 1. The highest BCUT2D eigenvalue weighted by Gasteiger charge is 2.47. The lowest BCUT2D eigenvalue weighted by Crippen LogP contribution is -2.44. The van der Waals surface area contributed by atoms with E-state index in [-0.39, 0.29) is 11.2 Å². The molecule has 0 amide bonds. The van der Waals surface area contributed by atoms with Gasteiger partial charge in [0, 0.05) is 18.3 Å². The van der Waals surface area contributed by atoms with Gasteiger partial charge < -0.3 is 10.5 Å². The van der Waals surface area contributed by atoms with Crippen molar-refractivity contribution in [1.82, 2.24) is 4.90 Å². The van der Waals surface area contributed by atoms with E-state index in [1.165, 1.54) is 5.56 Å². The molecule has 1 fully saturated rings. The van der Waals surface area contributed by atoms with Gasteiger partial charge in [0.1, 0.15) is 0 Å². The van der Waals surface area contributed by atoms with Crippen molar-refractivity contribution in [2.24, 2.45) is 0 Å². The van der Waals surface area contributed by atoms with Gasteiger partial charge in [-0.3, -0.25) is 4.90 Å². The number of ether oxygens (including phenoxy) is 1. The molecule has 1 heterocycles. The number of rotatable bonds is 3. The predicted molar refractivity (Wildman–Crippen MR) is 80.0 cm³/mol. The third-order valence-electron chi connectivity index (χ3n) is 4.03. The lowest BCUT2D eigenvalue weighted by atomic mass is 9.93. The Balaban J connectivity index is 2.13. The Morgan fingerprint density at radius 1 is 1.26 bits per heavy atom. The van der Waals surface area contributed by atoms with E-state index in [4.69, 9.17) is 10.5 Å². The van der Waals surface area contributed by atoms with Crippen LogP contribution in [0.15, 0.2) is 24.3 Å². The quantitative estimate of drug-likeness (QED) is 0.851. The lowest BCUT2D eigenvalue weighted by molar-refractivity contribution is -0.0791. The van der Waals surface area contributed by atoms with E-state index in [0.717, 1.165) is 18.7 Å². The molecule has 1 atom stereocenters. The maximum atomic E-state index is 6.16. The number of nitrogen functional groups attached to an aromatic ring is 1. The van der Waals surface area contributed by atoms with Gasteiger partial charge in [0.15, 0.2) is 0 Å². The Morgan fingerprint density at radius 2 is 1.89 bits per heavy atom. The van der Waals surface area contributed by atoms with Crippen LogP contribution in [0.3, 0.4) is 0 Å². The summed E-state index contributed by atoms with van der Waals surface area (Å²) in [6, 6.07) is 8.48. The second-order valence-electron chi connectivity index (χ2n) is 6.80. The second-order valence-corrected chi connectivity index (χ2v) is 6.80. The van der Waals surface area contributed by atoms with Crippen LogP contribution in [0.1, 0.15) is 39.7 Å². The number of benzene rings is 1. The van der Waals surface area contributed by atoms with E-state index in [1.807, 2.05) is 18.2 Å². The van der Waals surface area contributed by atoms with Gasteiger partial charge in [-0.1, -0.05) is 18.2 Å². The average Bonchev–Trinajstić information content (AvgIpc) is 2.50. The Labute approximate surface area is 116 Å². The van der Waals surface area contributed by atoms with Gasteiger partial charge in [0.05, 0.1) is 11.2 Å². The minimum absolute atomic E-state index is 0.0509. The van der Waals surface area contributed by atoms with Crippen LogP contribution in [0.2, 0.25) is 0 Å². The van der Waals surface area contributed by atoms with E-state index >= 15 is 0 Å². The maximum absolute atomic E-state index is 6.16. The average molecular weight is 262 g/mol. The fourth-order valence-electron chi connectivity index (χ4n) is 3.28. The van der Waals surface area contributed by atoms with Crippen molar-refractivity contribution in [3.63, 3.8) is 0 Å². The zero-order valence-electron chi connectivity index (χ0n) is 12.7. The zero-order chi connectivity index (χ0) is 14.3. The SMILES string of the molecule is CN(Cc1ccccc1N)C1CC(C)(C)OC1(C)C.